The molecule has 0 aliphatic carbocycles. The quantitative estimate of drug-likeness (QED) is 0.888. The fourth-order valence-corrected chi connectivity index (χ4v) is 2.21. The summed E-state index contributed by atoms with van der Waals surface area (Å²) < 4.78 is 0. The molecular formula is C14H18N2O3. The first kappa shape index (κ1) is 13.5. The predicted octanol–water partition coefficient (Wildman–Crippen LogP) is 1.16. The van der Waals surface area contributed by atoms with Gasteiger partial charge in [0, 0.05) is 31.7 Å². The molecule has 0 radical (unpaired) electrons. The van der Waals surface area contributed by atoms with Gasteiger partial charge in [0.15, 0.2) is 0 Å². The third-order valence-corrected chi connectivity index (χ3v) is 3.49. The van der Waals surface area contributed by atoms with Crippen LogP contribution >= 0.6 is 0 Å². The molecule has 19 heavy (non-hydrogen) atoms. The van der Waals surface area contributed by atoms with Gasteiger partial charge in [-0.2, -0.15) is 0 Å². The van der Waals surface area contributed by atoms with Crippen molar-refractivity contribution in [2.75, 3.05) is 32.7 Å². The van der Waals surface area contributed by atoms with Crippen molar-refractivity contribution in [2.24, 2.45) is 0 Å². The highest BCUT2D eigenvalue weighted by molar-refractivity contribution is 5.96. The van der Waals surface area contributed by atoms with Gasteiger partial charge >= 0.3 is 5.97 Å². The molecule has 0 saturated carbocycles. The van der Waals surface area contributed by atoms with E-state index >= 15 is 0 Å². The van der Waals surface area contributed by atoms with Gasteiger partial charge in [0.05, 0.1) is 5.56 Å². The van der Waals surface area contributed by atoms with Crippen molar-refractivity contribution in [1.29, 1.82) is 0 Å². The second kappa shape index (κ2) is 5.84. The number of carboxylic acid groups (broad SMARTS) is 1. The Morgan fingerprint density at radius 1 is 1.05 bits per heavy atom. The van der Waals surface area contributed by atoms with Crippen LogP contribution in [0.1, 0.15) is 27.6 Å². The Morgan fingerprint density at radius 3 is 2.05 bits per heavy atom. The number of carboxylic acids is 1. The molecular weight excluding hydrogens is 244 g/mol. The lowest BCUT2D eigenvalue weighted by molar-refractivity contribution is 0.0640. The van der Waals surface area contributed by atoms with Crippen molar-refractivity contribution in [2.45, 2.75) is 6.92 Å². The van der Waals surface area contributed by atoms with Gasteiger partial charge in [0.1, 0.15) is 0 Å². The van der Waals surface area contributed by atoms with Gasteiger partial charge in [-0.05, 0) is 30.8 Å². The highest BCUT2D eigenvalue weighted by atomic mass is 16.4. The van der Waals surface area contributed by atoms with Crippen LogP contribution in [0.25, 0.3) is 0 Å². The number of benzene rings is 1. The molecule has 0 unspecified atom stereocenters. The normalized spacial score (nSPS) is 16.4. The number of carbonyl (C=O) groups excluding carboxylic acids is 1. The van der Waals surface area contributed by atoms with E-state index in [1.165, 1.54) is 12.1 Å². The smallest absolute Gasteiger partial charge is 0.335 e. The maximum atomic E-state index is 12.2. The lowest BCUT2D eigenvalue weighted by Gasteiger charge is -2.34. The molecule has 1 aliphatic rings. The molecule has 5 heteroatoms. The maximum absolute atomic E-state index is 12.2. The average molecular weight is 262 g/mol. The van der Waals surface area contributed by atoms with Crippen molar-refractivity contribution >= 4 is 11.9 Å². The third kappa shape index (κ3) is 3.12. The Labute approximate surface area is 112 Å². The van der Waals surface area contributed by atoms with Crippen LogP contribution < -0.4 is 0 Å². The molecule has 1 heterocycles. The minimum atomic E-state index is -0.976. The molecule has 1 fully saturated rings. The second-order valence-corrected chi connectivity index (χ2v) is 4.61. The number of hydrogen-bond donors (Lipinski definition) is 1. The topological polar surface area (TPSA) is 60.9 Å². The standard InChI is InChI=1S/C14H18N2O3/c1-2-15-7-9-16(10-8-15)13(17)11-3-5-12(6-4-11)14(18)19/h3-6H,2,7-10H2,1H3,(H,18,19). The number of amides is 1. The van der Waals surface area contributed by atoms with Crippen LogP contribution in [-0.2, 0) is 0 Å². The van der Waals surface area contributed by atoms with E-state index in [9.17, 15) is 9.59 Å². The monoisotopic (exact) mass is 262 g/mol. The molecule has 0 aromatic heterocycles. The zero-order chi connectivity index (χ0) is 13.8. The van der Waals surface area contributed by atoms with Crippen molar-refractivity contribution in [3.05, 3.63) is 35.4 Å². The van der Waals surface area contributed by atoms with Crippen molar-refractivity contribution < 1.29 is 14.7 Å². The molecule has 0 bridgehead atoms. The summed E-state index contributed by atoms with van der Waals surface area (Å²) in [5.74, 6) is -0.997. The van der Waals surface area contributed by atoms with Crippen LogP contribution in [0, 0.1) is 0 Å². The van der Waals surface area contributed by atoms with E-state index in [0.717, 1.165) is 32.7 Å². The Hall–Kier alpha value is -1.88. The third-order valence-electron chi connectivity index (χ3n) is 3.49. The first-order chi connectivity index (χ1) is 9.11. The van der Waals surface area contributed by atoms with Crippen LogP contribution in [0.4, 0.5) is 0 Å². The summed E-state index contributed by atoms with van der Waals surface area (Å²) in [4.78, 5) is 27.1. The summed E-state index contributed by atoms with van der Waals surface area (Å²) in [6, 6.07) is 6.10. The molecule has 2 rings (SSSR count). The van der Waals surface area contributed by atoms with E-state index in [4.69, 9.17) is 5.11 Å². The molecule has 1 aromatic rings. The first-order valence-corrected chi connectivity index (χ1v) is 6.47. The van der Waals surface area contributed by atoms with Gasteiger partial charge in [0.2, 0.25) is 0 Å². The molecule has 1 aliphatic heterocycles. The fraction of sp³-hybridized carbons (Fsp3) is 0.429. The summed E-state index contributed by atoms with van der Waals surface area (Å²) in [5.41, 5.74) is 0.752. The number of aromatic carboxylic acids is 1. The highest BCUT2D eigenvalue weighted by Gasteiger charge is 2.21. The number of nitrogens with zero attached hydrogens (tertiary/aromatic N) is 2. The number of piperazine rings is 1. The molecule has 0 atom stereocenters. The van der Waals surface area contributed by atoms with Crippen molar-refractivity contribution in [3.63, 3.8) is 0 Å². The Kier molecular flexibility index (Phi) is 4.16. The van der Waals surface area contributed by atoms with Gasteiger partial charge in [-0.1, -0.05) is 6.92 Å². The molecule has 1 aromatic carbocycles. The molecule has 1 amide bonds. The molecule has 102 valence electrons. The lowest BCUT2D eigenvalue weighted by atomic mass is 10.1. The summed E-state index contributed by atoms with van der Waals surface area (Å²) in [7, 11) is 0. The van der Waals surface area contributed by atoms with Crippen LogP contribution in [0.3, 0.4) is 0 Å². The average Bonchev–Trinajstić information content (AvgIpc) is 2.46. The van der Waals surface area contributed by atoms with Crippen molar-refractivity contribution in [1.82, 2.24) is 9.80 Å². The van der Waals surface area contributed by atoms with E-state index in [2.05, 4.69) is 11.8 Å². The number of rotatable bonds is 3. The molecule has 0 spiro atoms. The molecule has 5 nitrogen and oxygen atoms in total. The minimum absolute atomic E-state index is 0.0207. The van der Waals surface area contributed by atoms with Gasteiger partial charge in [-0.3, -0.25) is 4.79 Å². The second-order valence-electron chi connectivity index (χ2n) is 4.61. The van der Waals surface area contributed by atoms with Gasteiger partial charge < -0.3 is 14.9 Å². The van der Waals surface area contributed by atoms with E-state index in [1.807, 2.05) is 4.90 Å². The Balaban J connectivity index is 2.02. The van der Waals surface area contributed by atoms with Gasteiger partial charge in [0.25, 0.3) is 5.91 Å². The van der Waals surface area contributed by atoms with Gasteiger partial charge in [-0.25, -0.2) is 4.79 Å². The predicted molar refractivity (Wildman–Crippen MR) is 71.4 cm³/mol. The Bertz CT molecular complexity index is 462. The van der Waals surface area contributed by atoms with Crippen molar-refractivity contribution in [3.8, 4) is 0 Å². The SMILES string of the molecule is CCN1CCN(C(=O)c2ccc(C(=O)O)cc2)CC1. The summed E-state index contributed by atoms with van der Waals surface area (Å²) in [6.45, 7) is 6.38. The first-order valence-electron chi connectivity index (χ1n) is 6.47. The molecule has 1 saturated heterocycles. The Morgan fingerprint density at radius 2 is 1.58 bits per heavy atom. The van der Waals surface area contributed by atoms with Crippen LogP contribution in [-0.4, -0.2) is 59.5 Å². The lowest BCUT2D eigenvalue weighted by Crippen LogP contribution is -2.48. The van der Waals surface area contributed by atoms with E-state index in [1.54, 1.807) is 12.1 Å². The van der Waals surface area contributed by atoms with E-state index in [0.29, 0.717) is 5.56 Å². The van der Waals surface area contributed by atoms with E-state index in [-0.39, 0.29) is 11.5 Å². The van der Waals surface area contributed by atoms with Crippen LogP contribution in [0.15, 0.2) is 24.3 Å². The van der Waals surface area contributed by atoms with Crippen LogP contribution in [0.2, 0.25) is 0 Å². The minimum Gasteiger partial charge on any atom is -0.478 e. The summed E-state index contributed by atoms with van der Waals surface area (Å²) in [6.07, 6.45) is 0. The maximum Gasteiger partial charge on any atom is 0.335 e. The highest BCUT2D eigenvalue weighted by Crippen LogP contribution is 2.10. The van der Waals surface area contributed by atoms with Crippen LogP contribution in [0.5, 0.6) is 0 Å². The fourth-order valence-electron chi connectivity index (χ4n) is 2.21. The largest absolute Gasteiger partial charge is 0.478 e. The van der Waals surface area contributed by atoms with Gasteiger partial charge in [-0.15, -0.1) is 0 Å². The zero-order valence-corrected chi connectivity index (χ0v) is 11.0. The molecule has 1 N–H and O–H groups in total. The summed E-state index contributed by atoms with van der Waals surface area (Å²) >= 11 is 0. The number of hydrogen-bond acceptors (Lipinski definition) is 3. The summed E-state index contributed by atoms with van der Waals surface area (Å²) in [5, 5.41) is 8.82. The van der Waals surface area contributed by atoms with E-state index < -0.39 is 5.97 Å². The zero-order valence-electron chi connectivity index (χ0n) is 11.0. The number of likely N-dealkylation sites (N-methyl/N-ethyl adjacent to an activating group) is 1. The number of carbonyl (C=O) groups is 2.